The number of hydrogen-bond donors (Lipinski definition) is 2. The number of fused-ring (bicyclic) bond motifs is 1. The van der Waals surface area contributed by atoms with Gasteiger partial charge in [-0.05, 0) is 37.0 Å². The second kappa shape index (κ2) is 11.0. The number of ether oxygens (including phenoxy) is 1. The highest BCUT2D eigenvalue weighted by molar-refractivity contribution is 5.90. The van der Waals surface area contributed by atoms with E-state index in [9.17, 15) is 9.59 Å². The van der Waals surface area contributed by atoms with Gasteiger partial charge in [0.15, 0.2) is 0 Å². The maximum Gasteiger partial charge on any atom is 0.245 e. The number of rotatable bonds is 9. The lowest BCUT2D eigenvalue weighted by molar-refractivity contribution is -0.138. The number of para-hydroxylation sites is 2. The van der Waals surface area contributed by atoms with E-state index < -0.39 is 12.1 Å². The highest BCUT2D eigenvalue weighted by atomic mass is 16.5. The summed E-state index contributed by atoms with van der Waals surface area (Å²) in [5.41, 5.74) is 7.82. The lowest BCUT2D eigenvalue weighted by atomic mass is 9.99. The molecule has 1 aliphatic rings. The van der Waals surface area contributed by atoms with Crippen molar-refractivity contribution >= 4 is 22.8 Å². The van der Waals surface area contributed by atoms with Crippen LogP contribution in [0.15, 0.2) is 65.3 Å². The first-order valence-corrected chi connectivity index (χ1v) is 12.4. The molecule has 7 heteroatoms. The molecule has 0 spiro atoms. The molecule has 186 valence electrons. The number of furan rings is 1. The molecule has 0 bridgehead atoms. The van der Waals surface area contributed by atoms with E-state index in [1.165, 1.54) is 0 Å². The molecule has 0 radical (unpaired) electrons. The maximum absolute atomic E-state index is 13.8. The van der Waals surface area contributed by atoms with E-state index in [0.29, 0.717) is 25.8 Å². The van der Waals surface area contributed by atoms with E-state index in [2.05, 4.69) is 5.32 Å². The molecule has 35 heavy (non-hydrogen) atoms. The van der Waals surface area contributed by atoms with Crippen molar-refractivity contribution in [2.45, 2.75) is 64.3 Å². The lowest BCUT2D eigenvalue weighted by Crippen LogP contribution is -2.55. The standard InChI is InChI=1S/C28H35N3O4/c1-4-24(29)27(32)30-26(18(2)3)28(33)31-16-22(35-21-10-6-5-7-11-21)15-20(31)14-19-17-34-25-13-9-8-12-23(19)25/h5-13,17-18,20,22,24,26H,4,14-16,29H2,1-3H3,(H,30,32)/t20-,22+,24+,26+/m1/s1. The molecule has 4 rings (SSSR count). The molecular formula is C28H35N3O4. The fourth-order valence-electron chi connectivity index (χ4n) is 4.70. The number of carbonyl (C=O) groups excluding carboxylic acids is 2. The Hall–Kier alpha value is -3.32. The number of benzene rings is 2. The summed E-state index contributed by atoms with van der Waals surface area (Å²) in [6.45, 7) is 6.18. The topological polar surface area (TPSA) is 97.8 Å². The molecular weight excluding hydrogens is 442 g/mol. The van der Waals surface area contributed by atoms with Gasteiger partial charge in [0.2, 0.25) is 11.8 Å². The molecule has 7 nitrogen and oxygen atoms in total. The van der Waals surface area contributed by atoms with Crippen LogP contribution in [0.3, 0.4) is 0 Å². The second-order valence-electron chi connectivity index (χ2n) is 9.64. The highest BCUT2D eigenvalue weighted by Crippen LogP contribution is 2.30. The lowest BCUT2D eigenvalue weighted by Gasteiger charge is -2.31. The molecule has 1 aliphatic heterocycles. The van der Waals surface area contributed by atoms with Gasteiger partial charge in [-0.15, -0.1) is 0 Å². The van der Waals surface area contributed by atoms with Crippen LogP contribution in [0.2, 0.25) is 0 Å². The summed E-state index contributed by atoms with van der Waals surface area (Å²) in [6, 6.07) is 16.2. The summed E-state index contributed by atoms with van der Waals surface area (Å²) in [5, 5.41) is 3.95. The first kappa shape index (κ1) is 24.8. The molecule has 0 unspecified atom stereocenters. The van der Waals surface area contributed by atoms with Gasteiger partial charge in [0, 0.05) is 23.4 Å². The summed E-state index contributed by atoms with van der Waals surface area (Å²) < 4.78 is 12.0. The van der Waals surface area contributed by atoms with Crippen LogP contribution >= 0.6 is 0 Å². The zero-order valence-electron chi connectivity index (χ0n) is 20.6. The molecule has 1 aromatic heterocycles. The van der Waals surface area contributed by atoms with Gasteiger partial charge < -0.3 is 25.1 Å². The molecule has 0 saturated carbocycles. The van der Waals surface area contributed by atoms with Gasteiger partial charge in [-0.2, -0.15) is 0 Å². The molecule has 1 saturated heterocycles. The Morgan fingerprint density at radius 2 is 1.86 bits per heavy atom. The predicted octanol–water partition coefficient (Wildman–Crippen LogP) is 3.90. The third-order valence-electron chi connectivity index (χ3n) is 6.73. The van der Waals surface area contributed by atoms with Gasteiger partial charge in [0.05, 0.1) is 18.8 Å². The van der Waals surface area contributed by atoms with Crippen molar-refractivity contribution in [3.63, 3.8) is 0 Å². The highest BCUT2D eigenvalue weighted by Gasteiger charge is 2.40. The van der Waals surface area contributed by atoms with E-state index in [0.717, 1.165) is 22.3 Å². The van der Waals surface area contributed by atoms with Gasteiger partial charge >= 0.3 is 0 Å². The van der Waals surface area contributed by atoms with Gasteiger partial charge in [-0.25, -0.2) is 0 Å². The molecule has 1 fully saturated rings. The van der Waals surface area contributed by atoms with Crippen molar-refractivity contribution in [1.29, 1.82) is 0 Å². The second-order valence-corrected chi connectivity index (χ2v) is 9.64. The minimum absolute atomic E-state index is 0.0833. The molecule has 3 aromatic rings. The number of hydrogen-bond acceptors (Lipinski definition) is 5. The molecule has 0 aliphatic carbocycles. The van der Waals surface area contributed by atoms with Crippen LogP contribution in [-0.4, -0.2) is 47.5 Å². The third kappa shape index (κ3) is 5.68. The summed E-state index contributed by atoms with van der Waals surface area (Å²) in [7, 11) is 0. The van der Waals surface area contributed by atoms with Crippen molar-refractivity contribution in [3.05, 3.63) is 66.4 Å². The molecule has 4 atom stereocenters. The van der Waals surface area contributed by atoms with E-state index >= 15 is 0 Å². The van der Waals surface area contributed by atoms with Crippen molar-refractivity contribution in [3.8, 4) is 5.75 Å². The SMILES string of the molecule is CC[C@H](N)C(=O)N[C@H](C(=O)N1C[C@@H](Oc2ccccc2)C[C@H]1Cc1coc2ccccc12)C(C)C. The van der Waals surface area contributed by atoms with Crippen LogP contribution < -0.4 is 15.8 Å². The van der Waals surface area contributed by atoms with E-state index in [1.807, 2.05) is 80.3 Å². The molecule has 3 N–H and O–H groups in total. The fraction of sp³-hybridized carbons (Fsp3) is 0.429. The number of likely N-dealkylation sites (tertiary alicyclic amines) is 1. The molecule has 2 amide bonds. The van der Waals surface area contributed by atoms with Crippen LogP contribution in [0.4, 0.5) is 0 Å². The Labute approximate surface area is 206 Å². The van der Waals surface area contributed by atoms with Crippen LogP contribution in [0.1, 0.15) is 39.2 Å². The first-order valence-electron chi connectivity index (χ1n) is 12.4. The van der Waals surface area contributed by atoms with Gasteiger partial charge in [0.1, 0.15) is 23.5 Å². The number of nitrogens with two attached hydrogens (primary N) is 1. The van der Waals surface area contributed by atoms with Crippen molar-refractivity contribution in [2.75, 3.05) is 6.54 Å². The van der Waals surface area contributed by atoms with E-state index in [-0.39, 0.29) is 29.9 Å². The number of carbonyl (C=O) groups is 2. The number of nitrogens with zero attached hydrogens (tertiary/aromatic N) is 1. The van der Waals surface area contributed by atoms with Gasteiger partial charge in [-0.3, -0.25) is 9.59 Å². The monoisotopic (exact) mass is 477 g/mol. The first-order chi connectivity index (χ1) is 16.9. The Morgan fingerprint density at radius 3 is 2.57 bits per heavy atom. The van der Waals surface area contributed by atoms with E-state index in [1.54, 1.807) is 6.26 Å². The summed E-state index contributed by atoms with van der Waals surface area (Å²) in [4.78, 5) is 28.3. The van der Waals surface area contributed by atoms with Gasteiger partial charge in [0.25, 0.3) is 0 Å². The third-order valence-corrected chi connectivity index (χ3v) is 6.73. The minimum Gasteiger partial charge on any atom is -0.489 e. The Kier molecular flexibility index (Phi) is 7.76. The minimum atomic E-state index is -0.654. The molecule has 2 aromatic carbocycles. The fourth-order valence-corrected chi connectivity index (χ4v) is 4.70. The summed E-state index contributed by atoms with van der Waals surface area (Å²) >= 11 is 0. The maximum atomic E-state index is 13.8. The summed E-state index contributed by atoms with van der Waals surface area (Å²) in [6.07, 6.45) is 3.47. The van der Waals surface area contributed by atoms with Crippen molar-refractivity contribution in [2.24, 2.45) is 11.7 Å². The van der Waals surface area contributed by atoms with Crippen molar-refractivity contribution in [1.82, 2.24) is 10.2 Å². The Morgan fingerprint density at radius 1 is 1.14 bits per heavy atom. The largest absolute Gasteiger partial charge is 0.489 e. The average molecular weight is 478 g/mol. The van der Waals surface area contributed by atoms with Crippen molar-refractivity contribution < 1.29 is 18.7 Å². The normalized spacial score (nSPS) is 19.6. The average Bonchev–Trinajstić information content (AvgIpc) is 3.46. The van der Waals surface area contributed by atoms with Crippen LogP contribution in [0, 0.1) is 5.92 Å². The van der Waals surface area contributed by atoms with Crippen LogP contribution in [0.5, 0.6) is 5.75 Å². The number of nitrogens with one attached hydrogen (secondary N) is 1. The van der Waals surface area contributed by atoms with E-state index in [4.69, 9.17) is 14.9 Å². The Bertz CT molecular complexity index is 1140. The number of amides is 2. The molecule has 2 heterocycles. The Balaban J connectivity index is 1.58. The predicted molar refractivity (Wildman–Crippen MR) is 136 cm³/mol. The quantitative estimate of drug-likeness (QED) is 0.487. The van der Waals surface area contributed by atoms with Crippen LogP contribution in [0.25, 0.3) is 11.0 Å². The van der Waals surface area contributed by atoms with Gasteiger partial charge in [-0.1, -0.05) is 57.2 Å². The zero-order valence-corrected chi connectivity index (χ0v) is 20.6. The zero-order chi connectivity index (χ0) is 24.9. The van der Waals surface area contributed by atoms with Crippen LogP contribution in [-0.2, 0) is 16.0 Å². The smallest absolute Gasteiger partial charge is 0.245 e. The summed E-state index contributed by atoms with van der Waals surface area (Å²) in [5.74, 6) is 0.295.